The molecule has 0 amide bonds. The van der Waals surface area contributed by atoms with Gasteiger partial charge in [-0.15, -0.1) is 0 Å². The molecule has 1 aliphatic heterocycles. The van der Waals surface area contributed by atoms with Crippen molar-refractivity contribution in [2.45, 2.75) is 6.04 Å². The molecule has 1 aromatic rings. The molecule has 1 aliphatic rings. The lowest BCUT2D eigenvalue weighted by Crippen LogP contribution is -2.34. The number of carboxylic acid groups (broad SMARTS) is 1. The van der Waals surface area contributed by atoms with Gasteiger partial charge in [0.25, 0.3) is 0 Å². The Bertz CT molecular complexity index is 361. The zero-order chi connectivity index (χ0) is 10.7. The van der Waals surface area contributed by atoms with Gasteiger partial charge in [-0.05, 0) is 11.6 Å². The number of nitrogens with zero attached hydrogens (tertiary/aromatic N) is 1. The molecule has 0 spiro atoms. The Morgan fingerprint density at radius 1 is 1.60 bits per heavy atom. The summed E-state index contributed by atoms with van der Waals surface area (Å²) in [4.78, 5) is 14.6. The van der Waals surface area contributed by atoms with E-state index in [0.717, 1.165) is 12.1 Å². The first-order chi connectivity index (χ1) is 7.27. The van der Waals surface area contributed by atoms with E-state index in [9.17, 15) is 4.79 Å². The second kappa shape index (κ2) is 4.37. The Morgan fingerprint density at radius 3 is 3.13 bits per heavy atom. The molecule has 1 atom stereocenters. The van der Waals surface area contributed by atoms with Crippen molar-refractivity contribution in [1.29, 1.82) is 0 Å². The third-order valence-corrected chi connectivity index (χ3v) is 2.33. The van der Waals surface area contributed by atoms with Crippen molar-refractivity contribution in [3.05, 3.63) is 29.6 Å². The van der Waals surface area contributed by atoms with Crippen LogP contribution in [0.4, 0.5) is 0 Å². The maximum atomic E-state index is 10.7. The SMILES string of the molecule is O=C(O)c1cncc(C2COCCN2)c1. The molecule has 5 nitrogen and oxygen atoms in total. The number of hydrogen-bond acceptors (Lipinski definition) is 4. The largest absolute Gasteiger partial charge is 0.478 e. The summed E-state index contributed by atoms with van der Waals surface area (Å²) in [7, 11) is 0. The summed E-state index contributed by atoms with van der Waals surface area (Å²) in [5.74, 6) is -0.957. The second-order valence-electron chi connectivity index (χ2n) is 3.39. The number of carboxylic acids is 1. The average molecular weight is 208 g/mol. The van der Waals surface area contributed by atoms with Gasteiger partial charge in [0.1, 0.15) is 0 Å². The van der Waals surface area contributed by atoms with Crippen LogP contribution in [0.25, 0.3) is 0 Å². The number of hydrogen-bond donors (Lipinski definition) is 2. The van der Waals surface area contributed by atoms with E-state index in [4.69, 9.17) is 9.84 Å². The van der Waals surface area contributed by atoms with E-state index in [0.29, 0.717) is 13.2 Å². The van der Waals surface area contributed by atoms with Crippen LogP contribution in [-0.2, 0) is 4.74 Å². The molecule has 80 valence electrons. The van der Waals surface area contributed by atoms with Crippen molar-refractivity contribution in [3.8, 4) is 0 Å². The van der Waals surface area contributed by atoms with E-state index in [1.807, 2.05) is 0 Å². The number of pyridine rings is 1. The Labute approximate surface area is 87.1 Å². The Morgan fingerprint density at radius 2 is 2.47 bits per heavy atom. The van der Waals surface area contributed by atoms with Gasteiger partial charge in [0.15, 0.2) is 0 Å². The molecule has 2 N–H and O–H groups in total. The van der Waals surface area contributed by atoms with Crippen molar-refractivity contribution in [3.63, 3.8) is 0 Å². The highest BCUT2D eigenvalue weighted by atomic mass is 16.5. The third kappa shape index (κ3) is 2.31. The number of rotatable bonds is 2. The molecule has 1 saturated heterocycles. The monoisotopic (exact) mass is 208 g/mol. The molecule has 0 bridgehead atoms. The summed E-state index contributed by atoms with van der Waals surface area (Å²) in [6.45, 7) is 2.04. The summed E-state index contributed by atoms with van der Waals surface area (Å²) in [5.41, 5.74) is 1.06. The fourth-order valence-electron chi connectivity index (χ4n) is 1.54. The Hall–Kier alpha value is -1.46. The van der Waals surface area contributed by atoms with Crippen LogP contribution in [0.3, 0.4) is 0 Å². The molecule has 0 aliphatic carbocycles. The molecule has 2 heterocycles. The quantitative estimate of drug-likeness (QED) is 0.738. The van der Waals surface area contributed by atoms with E-state index in [1.165, 1.54) is 6.20 Å². The van der Waals surface area contributed by atoms with Crippen LogP contribution in [0.1, 0.15) is 22.0 Å². The summed E-state index contributed by atoms with van der Waals surface area (Å²) in [6.07, 6.45) is 3.01. The molecule has 15 heavy (non-hydrogen) atoms. The standard InChI is InChI=1S/C10H12N2O3/c13-10(14)8-3-7(4-11-5-8)9-6-15-2-1-12-9/h3-5,9,12H,1-2,6H2,(H,13,14). The van der Waals surface area contributed by atoms with Crippen molar-refractivity contribution in [2.24, 2.45) is 0 Å². The van der Waals surface area contributed by atoms with Gasteiger partial charge in [0.2, 0.25) is 0 Å². The first kappa shape index (κ1) is 10.1. The number of carbonyl (C=O) groups is 1. The van der Waals surface area contributed by atoms with Crippen molar-refractivity contribution in [1.82, 2.24) is 10.3 Å². The van der Waals surface area contributed by atoms with E-state index in [2.05, 4.69) is 10.3 Å². The molecule has 0 aromatic carbocycles. The number of nitrogens with one attached hydrogen (secondary N) is 1. The predicted octanol–water partition coefficient (Wildman–Crippen LogP) is 0.441. The minimum absolute atomic E-state index is 0.0468. The van der Waals surface area contributed by atoms with Crippen LogP contribution in [-0.4, -0.2) is 35.8 Å². The summed E-state index contributed by atoms with van der Waals surface area (Å²) >= 11 is 0. The molecule has 1 aromatic heterocycles. The van der Waals surface area contributed by atoms with Crippen LogP contribution in [0.15, 0.2) is 18.5 Å². The first-order valence-electron chi connectivity index (χ1n) is 4.77. The lowest BCUT2D eigenvalue weighted by atomic mass is 10.1. The summed E-state index contributed by atoms with van der Waals surface area (Å²) < 4.78 is 5.30. The van der Waals surface area contributed by atoms with Gasteiger partial charge in [-0.25, -0.2) is 4.79 Å². The van der Waals surface area contributed by atoms with Crippen LogP contribution >= 0.6 is 0 Å². The highest BCUT2D eigenvalue weighted by Gasteiger charge is 2.16. The van der Waals surface area contributed by atoms with Gasteiger partial charge >= 0.3 is 5.97 Å². The summed E-state index contributed by atoms with van der Waals surface area (Å²) in [5, 5.41) is 12.1. The topological polar surface area (TPSA) is 71.5 Å². The molecule has 2 rings (SSSR count). The minimum atomic E-state index is -0.957. The predicted molar refractivity (Wildman–Crippen MR) is 52.8 cm³/mol. The van der Waals surface area contributed by atoms with Gasteiger partial charge in [0, 0.05) is 18.9 Å². The number of morpholine rings is 1. The number of aromatic nitrogens is 1. The van der Waals surface area contributed by atoms with Gasteiger partial charge in [-0.2, -0.15) is 0 Å². The van der Waals surface area contributed by atoms with Crippen molar-refractivity contribution in [2.75, 3.05) is 19.8 Å². The van der Waals surface area contributed by atoms with E-state index in [1.54, 1.807) is 12.3 Å². The van der Waals surface area contributed by atoms with Crippen LogP contribution < -0.4 is 5.32 Å². The highest BCUT2D eigenvalue weighted by Crippen LogP contribution is 2.15. The maximum Gasteiger partial charge on any atom is 0.337 e. The van der Waals surface area contributed by atoms with Crippen LogP contribution in [0, 0.1) is 0 Å². The Balaban J connectivity index is 2.19. The molecular formula is C10H12N2O3. The molecular weight excluding hydrogens is 196 g/mol. The zero-order valence-electron chi connectivity index (χ0n) is 8.14. The lowest BCUT2D eigenvalue weighted by molar-refractivity contribution is 0.0692. The normalized spacial score (nSPS) is 21.2. The highest BCUT2D eigenvalue weighted by molar-refractivity contribution is 5.87. The first-order valence-corrected chi connectivity index (χ1v) is 4.77. The van der Waals surface area contributed by atoms with E-state index in [-0.39, 0.29) is 11.6 Å². The molecule has 0 radical (unpaired) electrons. The molecule has 1 unspecified atom stereocenters. The Kier molecular flexibility index (Phi) is 2.94. The molecule has 0 saturated carbocycles. The lowest BCUT2D eigenvalue weighted by Gasteiger charge is -2.23. The maximum absolute atomic E-state index is 10.7. The average Bonchev–Trinajstić information content (AvgIpc) is 2.30. The van der Waals surface area contributed by atoms with Crippen molar-refractivity contribution >= 4 is 5.97 Å². The van der Waals surface area contributed by atoms with Gasteiger partial charge in [-0.3, -0.25) is 4.98 Å². The number of ether oxygens (including phenoxy) is 1. The summed E-state index contributed by atoms with van der Waals surface area (Å²) in [6, 6.07) is 1.67. The minimum Gasteiger partial charge on any atom is -0.478 e. The fraction of sp³-hybridized carbons (Fsp3) is 0.400. The smallest absolute Gasteiger partial charge is 0.337 e. The third-order valence-electron chi connectivity index (χ3n) is 2.33. The van der Waals surface area contributed by atoms with Crippen LogP contribution in [0.5, 0.6) is 0 Å². The zero-order valence-corrected chi connectivity index (χ0v) is 8.14. The molecule has 1 fully saturated rings. The van der Waals surface area contributed by atoms with Gasteiger partial charge in [-0.1, -0.05) is 0 Å². The van der Waals surface area contributed by atoms with Crippen LogP contribution in [0.2, 0.25) is 0 Å². The molecule has 5 heteroatoms. The fourth-order valence-corrected chi connectivity index (χ4v) is 1.54. The van der Waals surface area contributed by atoms with E-state index < -0.39 is 5.97 Å². The van der Waals surface area contributed by atoms with Crippen molar-refractivity contribution < 1.29 is 14.6 Å². The second-order valence-corrected chi connectivity index (χ2v) is 3.39. The van der Waals surface area contributed by atoms with Gasteiger partial charge < -0.3 is 15.2 Å². The van der Waals surface area contributed by atoms with E-state index >= 15 is 0 Å². The van der Waals surface area contributed by atoms with Gasteiger partial charge in [0.05, 0.1) is 24.8 Å². The number of aromatic carboxylic acids is 1.